The summed E-state index contributed by atoms with van der Waals surface area (Å²) in [4.78, 5) is 20.8. The summed E-state index contributed by atoms with van der Waals surface area (Å²) >= 11 is 0. The predicted molar refractivity (Wildman–Crippen MR) is 125 cm³/mol. The average Bonchev–Trinajstić information content (AvgIpc) is 2.80. The topological polar surface area (TPSA) is 92.3 Å². The number of nitrogens with one attached hydrogen (secondary N) is 1. The van der Waals surface area contributed by atoms with E-state index in [-0.39, 0.29) is 17.0 Å². The van der Waals surface area contributed by atoms with Gasteiger partial charge in [-0.3, -0.25) is 9.78 Å². The van der Waals surface area contributed by atoms with E-state index in [0.29, 0.717) is 18.9 Å². The Balaban J connectivity index is 1.27. The zero-order valence-electron chi connectivity index (χ0n) is 18.1. The molecular weight excluding hydrogens is 424 g/mol. The first-order valence-electron chi connectivity index (χ1n) is 11.0. The van der Waals surface area contributed by atoms with Gasteiger partial charge in [-0.05, 0) is 74.9 Å². The Labute approximate surface area is 188 Å². The zero-order chi connectivity index (χ0) is 22.6. The van der Waals surface area contributed by atoms with Crippen LogP contribution in [0.15, 0.2) is 66.0 Å². The fourth-order valence-corrected chi connectivity index (χ4v) is 6.05. The lowest BCUT2D eigenvalue weighted by atomic mass is 9.89. The van der Waals surface area contributed by atoms with Gasteiger partial charge in [0.1, 0.15) is 0 Å². The van der Waals surface area contributed by atoms with Crippen molar-refractivity contribution in [3.05, 3.63) is 60.9 Å². The fourth-order valence-electron chi connectivity index (χ4n) is 4.46. The van der Waals surface area contributed by atoms with Gasteiger partial charge in [-0.25, -0.2) is 13.4 Å². The van der Waals surface area contributed by atoms with Gasteiger partial charge in [0.25, 0.3) is 10.0 Å². The molecule has 2 aromatic heterocycles. The van der Waals surface area contributed by atoms with Crippen LogP contribution in [0.4, 0.5) is 5.69 Å². The van der Waals surface area contributed by atoms with Crippen LogP contribution in [-0.2, 0) is 14.8 Å². The van der Waals surface area contributed by atoms with E-state index in [1.807, 2.05) is 37.3 Å². The zero-order valence-corrected chi connectivity index (χ0v) is 19.0. The molecule has 168 valence electrons. The molecule has 0 aliphatic carbocycles. The highest BCUT2D eigenvalue weighted by Gasteiger charge is 2.34. The molecule has 3 aromatic rings. The first kappa shape index (κ1) is 22.4. The van der Waals surface area contributed by atoms with Gasteiger partial charge in [0, 0.05) is 36.8 Å². The van der Waals surface area contributed by atoms with E-state index in [4.69, 9.17) is 0 Å². The van der Waals surface area contributed by atoms with E-state index >= 15 is 0 Å². The first-order chi connectivity index (χ1) is 15.4. The van der Waals surface area contributed by atoms with E-state index in [9.17, 15) is 13.2 Å². The number of hydrogen-bond acceptors (Lipinski definition) is 5. The number of carbonyl (C=O) groups excluding carboxylic acids is 1. The fraction of sp³-hybridized carbons (Fsp3) is 0.375. The van der Waals surface area contributed by atoms with E-state index in [1.54, 1.807) is 28.7 Å². The molecule has 0 saturated carbocycles. The molecular formula is C24H28N4O3S. The number of benzene rings is 1. The lowest BCUT2D eigenvalue weighted by Gasteiger charge is -2.36. The minimum Gasteiger partial charge on any atom is -0.325 e. The Morgan fingerprint density at radius 2 is 1.94 bits per heavy atom. The number of amides is 1. The molecule has 32 heavy (non-hydrogen) atoms. The maximum Gasteiger partial charge on any atom is 0.260 e. The summed E-state index contributed by atoms with van der Waals surface area (Å²) in [6.07, 6.45) is 6.96. The van der Waals surface area contributed by atoms with Gasteiger partial charge in [-0.1, -0.05) is 12.1 Å². The first-order valence-corrected chi connectivity index (χ1v) is 12.5. The van der Waals surface area contributed by atoms with Crippen LogP contribution in [0, 0.1) is 5.92 Å². The highest BCUT2D eigenvalue weighted by atomic mass is 32.2. The second-order valence-electron chi connectivity index (χ2n) is 8.34. The van der Waals surface area contributed by atoms with Gasteiger partial charge in [0.05, 0.1) is 11.2 Å². The Hall–Kier alpha value is -2.84. The van der Waals surface area contributed by atoms with Crippen LogP contribution in [-0.4, -0.2) is 41.2 Å². The maximum atomic E-state index is 12.9. The van der Waals surface area contributed by atoms with Gasteiger partial charge in [0.15, 0.2) is 5.03 Å². The third kappa shape index (κ3) is 4.97. The number of anilines is 1. The van der Waals surface area contributed by atoms with Crippen molar-refractivity contribution in [2.24, 2.45) is 5.92 Å². The summed E-state index contributed by atoms with van der Waals surface area (Å²) in [5, 5.41) is 4.03. The summed E-state index contributed by atoms with van der Waals surface area (Å²) in [6, 6.07) is 14.4. The Bertz CT molecular complexity index is 1180. The number of hydrogen-bond donors (Lipinski definition) is 1. The van der Waals surface area contributed by atoms with Crippen LogP contribution >= 0.6 is 0 Å². The van der Waals surface area contributed by atoms with Crippen LogP contribution in [0.2, 0.25) is 0 Å². The van der Waals surface area contributed by atoms with Crippen molar-refractivity contribution < 1.29 is 13.2 Å². The van der Waals surface area contributed by atoms with Crippen molar-refractivity contribution in [2.75, 3.05) is 11.9 Å². The van der Waals surface area contributed by atoms with Gasteiger partial charge < -0.3 is 5.32 Å². The minimum absolute atomic E-state index is 0.00966. The Morgan fingerprint density at radius 1 is 1.09 bits per heavy atom. The van der Waals surface area contributed by atoms with Crippen LogP contribution in [0.5, 0.6) is 0 Å². The van der Waals surface area contributed by atoms with Gasteiger partial charge in [0.2, 0.25) is 5.91 Å². The van der Waals surface area contributed by atoms with Crippen molar-refractivity contribution in [2.45, 2.75) is 50.1 Å². The summed E-state index contributed by atoms with van der Waals surface area (Å²) in [5.41, 5.74) is 1.63. The average molecular weight is 453 g/mol. The monoisotopic (exact) mass is 452 g/mol. The van der Waals surface area contributed by atoms with Crippen LogP contribution in [0.25, 0.3) is 10.9 Å². The molecule has 3 heterocycles. The minimum atomic E-state index is -3.57. The normalized spacial score (nSPS) is 19.7. The summed E-state index contributed by atoms with van der Waals surface area (Å²) in [5.74, 6) is 0.402. The Morgan fingerprint density at radius 3 is 2.72 bits per heavy atom. The molecule has 2 atom stereocenters. The number of sulfonamides is 1. The number of nitrogens with zero attached hydrogens (tertiary/aromatic N) is 3. The van der Waals surface area contributed by atoms with E-state index in [1.165, 1.54) is 6.20 Å². The molecule has 1 N–H and O–H groups in total. The molecule has 1 aromatic carbocycles. The molecule has 0 radical (unpaired) electrons. The number of aromatic nitrogens is 2. The molecule has 1 amide bonds. The van der Waals surface area contributed by atoms with E-state index in [0.717, 1.165) is 42.3 Å². The number of fused-ring (bicyclic) bond motifs is 1. The van der Waals surface area contributed by atoms with Gasteiger partial charge in [-0.15, -0.1) is 0 Å². The molecule has 0 bridgehead atoms. The molecule has 1 saturated heterocycles. The lowest BCUT2D eigenvalue weighted by molar-refractivity contribution is -0.116. The molecule has 7 nitrogen and oxygen atoms in total. The SMILES string of the molecule is CC1C[C@H](CCCC(=O)Nc2cccc3ncccc23)CCN1S(=O)(=O)c1ccccn1. The van der Waals surface area contributed by atoms with Crippen molar-refractivity contribution in [3.8, 4) is 0 Å². The summed E-state index contributed by atoms with van der Waals surface area (Å²) in [6.45, 7) is 2.44. The lowest BCUT2D eigenvalue weighted by Crippen LogP contribution is -2.44. The summed E-state index contributed by atoms with van der Waals surface area (Å²) < 4.78 is 27.3. The van der Waals surface area contributed by atoms with Crippen molar-refractivity contribution >= 4 is 32.5 Å². The molecule has 8 heteroatoms. The van der Waals surface area contributed by atoms with E-state index in [2.05, 4.69) is 15.3 Å². The van der Waals surface area contributed by atoms with E-state index < -0.39 is 10.0 Å². The van der Waals surface area contributed by atoms with Crippen molar-refractivity contribution in [1.29, 1.82) is 0 Å². The number of pyridine rings is 2. The Kier molecular flexibility index (Phi) is 6.81. The second-order valence-corrected chi connectivity index (χ2v) is 10.2. The molecule has 0 spiro atoms. The largest absolute Gasteiger partial charge is 0.325 e. The standard InChI is InChI=1S/C24H28N4O3S/c1-18-17-19(13-16-28(18)32(30,31)24-12-2-3-14-26-24)7-4-11-23(29)27-22-10-5-9-21-20(22)8-6-15-25-21/h2-3,5-6,8-10,12,14-15,18-19H,4,7,11,13,16-17H2,1H3,(H,27,29)/t18?,19-/m1/s1. The van der Waals surface area contributed by atoms with Crippen LogP contribution < -0.4 is 5.32 Å². The molecule has 1 unspecified atom stereocenters. The molecule has 1 aliphatic heterocycles. The number of carbonyl (C=O) groups is 1. The second kappa shape index (κ2) is 9.75. The quantitative estimate of drug-likeness (QED) is 0.579. The van der Waals surface area contributed by atoms with Crippen molar-refractivity contribution in [1.82, 2.24) is 14.3 Å². The highest BCUT2D eigenvalue weighted by Crippen LogP contribution is 2.30. The molecule has 1 aliphatic rings. The highest BCUT2D eigenvalue weighted by molar-refractivity contribution is 7.89. The third-order valence-corrected chi connectivity index (χ3v) is 8.00. The number of rotatable bonds is 7. The third-order valence-electron chi connectivity index (χ3n) is 6.07. The summed E-state index contributed by atoms with van der Waals surface area (Å²) in [7, 11) is -3.57. The van der Waals surface area contributed by atoms with Gasteiger partial charge in [-0.2, -0.15) is 4.31 Å². The smallest absolute Gasteiger partial charge is 0.260 e. The maximum absolute atomic E-state index is 12.9. The van der Waals surface area contributed by atoms with Crippen LogP contribution in [0.1, 0.15) is 39.0 Å². The van der Waals surface area contributed by atoms with Crippen molar-refractivity contribution in [3.63, 3.8) is 0 Å². The van der Waals surface area contributed by atoms with Crippen LogP contribution in [0.3, 0.4) is 0 Å². The molecule has 1 fully saturated rings. The predicted octanol–water partition coefficient (Wildman–Crippen LogP) is 4.23. The number of piperidine rings is 1. The molecule has 4 rings (SSSR count). The van der Waals surface area contributed by atoms with Gasteiger partial charge >= 0.3 is 0 Å².